The molecule has 0 fully saturated rings. The van der Waals surface area contributed by atoms with Crippen molar-refractivity contribution < 1.29 is 28.6 Å². The Balaban J connectivity index is 1.64. The molecule has 4 N–H and O–H groups in total. The standard InChI is InChI=1S/C24H25N3O6/c1-5-32-24(31)20-15(4)26-19(21(20)28)11-17-8-9-18(33-17)12-25-22(29)23(30)27-16-7-6-13(2)14(3)10-16/h6-11,26,28H,4-5,12H2,1-3H3,(H,25,29)(H,27,30). The van der Waals surface area contributed by atoms with Crippen LogP contribution in [0.25, 0.3) is 12.7 Å². The van der Waals surface area contributed by atoms with Gasteiger partial charge in [-0.3, -0.25) is 9.59 Å². The molecule has 9 nitrogen and oxygen atoms in total. The van der Waals surface area contributed by atoms with E-state index in [2.05, 4.69) is 22.2 Å². The van der Waals surface area contributed by atoms with Crippen LogP contribution < -0.4 is 21.3 Å². The number of nitrogens with one attached hydrogen (secondary N) is 3. The first-order chi connectivity index (χ1) is 15.7. The second-order valence-corrected chi connectivity index (χ2v) is 7.35. The van der Waals surface area contributed by atoms with Crippen molar-refractivity contribution in [2.75, 3.05) is 11.9 Å². The summed E-state index contributed by atoms with van der Waals surface area (Å²) in [4.78, 5) is 39.0. The van der Waals surface area contributed by atoms with Crippen molar-refractivity contribution >= 4 is 36.1 Å². The third-order valence-electron chi connectivity index (χ3n) is 4.92. The second-order valence-electron chi connectivity index (χ2n) is 7.35. The number of H-pyrrole nitrogens is 1. The highest BCUT2D eigenvalue weighted by molar-refractivity contribution is 6.39. The zero-order valence-corrected chi connectivity index (χ0v) is 18.6. The minimum atomic E-state index is -0.807. The molecular weight excluding hydrogens is 426 g/mol. The number of benzene rings is 1. The lowest BCUT2D eigenvalue weighted by Gasteiger charge is -2.07. The average molecular weight is 451 g/mol. The van der Waals surface area contributed by atoms with E-state index in [1.54, 1.807) is 31.2 Å². The summed E-state index contributed by atoms with van der Waals surface area (Å²) in [6.45, 7) is 9.38. The van der Waals surface area contributed by atoms with Crippen molar-refractivity contribution in [3.8, 4) is 5.75 Å². The van der Waals surface area contributed by atoms with E-state index in [1.807, 2.05) is 19.9 Å². The van der Waals surface area contributed by atoms with E-state index in [-0.39, 0.29) is 35.2 Å². The van der Waals surface area contributed by atoms with Crippen LogP contribution in [-0.4, -0.2) is 34.5 Å². The highest BCUT2D eigenvalue weighted by atomic mass is 16.5. The molecule has 3 aromatic rings. The smallest absolute Gasteiger partial charge is 0.344 e. The minimum Gasteiger partial charge on any atom is -0.505 e. The van der Waals surface area contributed by atoms with Crippen LogP contribution in [0.3, 0.4) is 0 Å². The van der Waals surface area contributed by atoms with Gasteiger partial charge in [0.1, 0.15) is 17.1 Å². The minimum absolute atomic E-state index is 0.0155. The Kier molecular flexibility index (Phi) is 7.02. The number of aryl methyl sites for hydroxylation is 2. The van der Waals surface area contributed by atoms with Crippen molar-refractivity contribution in [2.24, 2.45) is 0 Å². The predicted octanol–water partition coefficient (Wildman–Crippen LogP) is 1.60. The summed E-state index contributed by atoms with van der Waals surface area (Å²) < 4.78 is 10.5. The molecule has 2 aromatic heterocycles. The Hall–Kier alpha value is -4.27. The number of anilines is 1. The molecular formula is C24H25N3O6. The number of carbonyl (C=O) groups is 3. The van der Waals surface area contributed by atoms with Gasteiger partial charge in [-0.2, -0.15) is 0 Å². The van der Waals surface area contributed by atoms with Crippen molar-refractivity contribution in [3.05, 3.63) is 69.2 Å². The molecule has 0 saturated carbocycles. The normalized spacial score (nSPS) is 11.3. The fourth-order valence-corrected chi connectivity index (χ4v) is 3.05. The van der Waals surface area contributed by atoms with Crippen LogP contribution in [0.1, 0.15) is 39.9 Å². The first kappa shape index (κ1) is 23.4. The molecule has 0 spiro atoms. The number of hydrogen-bond donors (Lipinski definition) is 4. The fraction of sp³-hybridized carbons (Fsp3) is 0.208. The zero-order valence-electron chi connectivity index (χ0n) is 18.6. The van der Waals surface area contributed by atoms with Gasteiger partial charge in [0.05, 0.1) is 18.5 Å². The molecule has 9 heteroatoms. The number of carbonyl (C=O) groups excluding carboxylic acids is 3. The maximum absolute atomic E-state index is 12.1. The summed E-state index contributed by atoms with van der Waals surface area (Å²) in [5, 5.41) is 15.8. The second kappa shape index (κ2) is 9.90. The monoisotopic (exact) mass is 451 g/mol. The molecule has 3 rings (SSSR count). The number of hydrogen-bond acceptors (Lipinski definition) is 6. The number of aromatic amines is 1. The zero-order chi connectivity index (χ0) is 24.1. The Bertz CT molecular complexity index is 1320. The van der Waals surface area contributed by atoms with Crippen LogP contribution in [-0.2, 0) is 20.9 Å². The van der Waals surface area contributed by atoms with Crippen molar-refractivity contribution in [3.63, 3.8) is 0 Å². The van der Waals surface area contributed by atoms with Gasteiger partial charge < -0.3 is 29.9 Å². The lowest BCUT2D eigenvalue weighted by molar-refractivity contribution is -0.136. The summed E-state index contributed by atoms with van der Waals surface area (Å²) in [6, 6.07) is 8.60. The van der Waals surface area contributed by atoms with E-state index < -0.39 is 17.8 Å². The van der Waals surface area contributed by atoms with E-state index in [0.29, 0.717) is 17.2 Å². The quantitative estimate of drug-likeness (QED) is 0.332. The maximum atomic E-state index is 12.1. The molecule has 0 aliphatic heterocycles. The topological polar surface area (TPSA) is 134 Å². The van der Waals surface area contributed by atoms with Crippen molar-refractivity contribution in [2.45, 2.75) is 27.3 Å². The summed E-state index contributed by atoms with van der Waals surface area (Å²) in [5.41, 5.74) is 2.57. The van der Waals surface area contributed by atoms with Crippen LogP contribution in [0.15, 0.2) is 34.7 Å². The van der Waals surface area contributed by atoms with E-state index in [9.17, 15) is 19.5 Å². The van der Waals surface area contributed by atoms with Crippen LogP contribution >= 0.6 is 0 Å². The van der Waals surface area contributed by atoms with E-state index in [0.717, 1.165) is 11.1 Å². The van der Waals surface area contributed by atoms with Gasteiger partial charge in [-0.25, -0.2) is 4.79 Å². The lowest BCUT2D eigenvalue weighted by Crippen LogP contribution is -2.34. The summed E-state index contributed by atoms with van der Waals surface area (Å²) in [5.74, 6) is -1.84. The Morgan fingerprint density at radius 2 is 1.91 bits per heavy atom. The molecule has 0 radical (unpaired) electrons. The molecule has 0 aliphatic rings. The molecule has 1 aromatic carbocycles. The van der Waals surface area contributed by atoms with Crippen LogP contribution in [0, 0.1) is 13.8 Å². The lowest BCUT2D eigenvalue weighted by atomic mass is 10.1. The molecule has 0 unspecified atom stereocenters. The summed E-state index contributed by atoms with van der Waals surface area (Å²) in [7, 11) is 0. The molecule has 2 heterocycles. The number of aromatic nitrogens is 1. The van der Waals surface area contributed by atoms with Crippen molar-refractivity contribution in [1.29, 1.82) is 0 Å². The molecule has 0 bridgehead atoms. The highest BCUT2D eigenvalue weighted by Gasteiger charge is 2.17. The largest absolute Gasteiger partial charge is 0.505 e. The fourth-order valence-electron chi connectivity index (χ4n) is 3.05. The molecule has 0 atom stereocenters. The third kappa shape index (κ3) is 5.51. The SMILES string of the molecule is C=c1[nH]c(=Cc2ccc(CNC(=O)C(=O)Nc3ccc(C)c(C)c3)o2)c(O)c1C(=O)OCC. The van der Waals surface area contributed by atoms with Crippen LogP contribution in [0.2, 0.25) is 0 Å². The average Bonchev–Trinajstić information content (AvgIpc) is 3.32. The summed E-state index contributed by atoms with van der Waals surface area (Å²) >= 11 is 0. The van der Waals surface area contributed by atoms with Gasteiger partial charge in [0.25, 0.3) is 0 Å². The summed E-state index contributed by atoms with van der Waals surface area (Å²) in [6.07, 6.45) is 1.48. The molecule has 0 saturated heterocycles. The third-order valence-corrected chi connectivity index (χ3v) is 4.92. The number of rotatable bonds is 6. The van der Waals surface area contributed by atoms with E-state index >= 15 is 0 Å². The van der Waals surface area contributed by atoms with Crippen LogP contribution in [0.5, 0.6) is 5.75 Å². The van der Waals surface area contributed by atoms with Gasteiger partial charge in [-0.15, -0.1) is 0 Å². The Morgan fingerprint density at radius 1 is 1.15 bits per heavy atom. The van der Waals surface area contributed by atoms with E-state index in [4.69, 9.17) is 9.15 Å². The molecule has 33 heavy (non-hydrogen) atoms. The predicted molar refractivity (Wildman–Crippen MR) is 122 cm³/mol. The maximum Gasteiger partial charge on any atom is 0.344 e. The number of furan rings is 1. The number of esters is 1. The first-order valence-corrected chi connectivity index (χ1v) is 10.2. The highest BCUT2D eigenvalue weighted by Crippen LogP contribution is 2.14. The van der Waals surface area contributed by atoms with Gasteiger partial charge in [0, 0.05) is 17.1 Å². The Labute approximate surface area is 189 Å². The van der Waals surface area contributed by atoms with Crippen molar-refractivity contribution in [1.82, 2.24) is 10.3 Å². The number of aromatic hydroxyl groups is 1. The number of amides is 2. The van der Waals surface area contributed by atoms with Gasteiger partial charge >= 0.3 is 17.8 Å². The Morgan fingerprint density at radius 3 is 2.61 bits per heavy atom. The van der Waals surface area contributed by atoms with Gasteiger partial charge in [-0.1, -0.05) is 12.6 Å². The first-order valence-electron chi connectivity index (χ1n) is 10.2. The van der Waals surface area contributed by atoms with Crippen LogP contribution in [0.4, 0.5) is 5.69 Å². The molecule has 0 aliphatic carbocycles. The van der Waals surface area contributed by atoms with E-state index in [1.165, 1.54) is 6.08 Å². The number of ether oxygens (including phenoxy) is 1. The molecule has 172 valence electrons. The molecule has 2 amide bonds. The van der Waals surface area contributed by atoms with Gasteiger partial charge in [0.2, 0.25) is 0 Å². The van der Waals surface area contributed by atoms with Gasteiger partial charge in [-0.05, 0) is 56.2 Å². The van der Waals surface area contributed by atoms with Gasteiger partial charge in [0.15, 0.2) is 5.75 Å².